The van der Waals surface area contributed by atoms with Gasteiger partial charge in [0.1, 0.15) is 17.3 Å². The molecular weight excluding hydrogens is 300 g/mol. The number of pyridine rings is 1. The molecule has 1 heterocycles. The predicted octanol–water partition coefficient (Wildman–Crippen LogP) is 4.07. The van der Waals surface area contributed by atoms with E-state index in [-0.39, 0.29) is 11.4 Å². The average molecular weight is 319 g/mol. The highest BCUT2D eigenvalue weighted by Crippen LogP contribution is 2.16. The molecule has 0 aliphatic heterocycles. The molecule has 2 N–H and O–H groups in total. The highest BCUT2D eigenvalue weighted by atomic mass is 19.1. The van der Waals surface area contributed by atoms with E-state index in [0.29, 0.717) is 12.0 Å². The molecule has 6 heteroatoms. The normalized spacial score (nSPS) is 10.7. The van der Waals surface area contributed by atoms with Crippen LogP contribution in [-0.2, 0) is 0 Å². The Labute approximate surface area is 133 Å². The van der Waals surface area contributed by atoms with Gasteiger partial charge in [0.2, 0.25) is 0 Å². The standard InChI is InChI=1S/C17H19F2N3O/c1-11(2)5-7-20-13-6-8-21-16(10-13)17(23)22-15-4-3-12(18)9-14(15)19/h3-4,6,8-11H,5,7H2,1-2H3,(H,20,21)(H,22,23). The number of anilines is 2. The second kappa shape index (κ2) is 7.67. The van der Waals surface area contributed by atoms with Crippen LogP contribution in [0, 0.1) is 17.6 Å². The van der Waals surface area contributed by atoms with E-state index in [1.807, 2.05) is 0 Å². The third-order valence-corrected chi connectivity index (χ3v) is 3.22. The zero-order chi connectivity index (χ0) is 16.8. The van der Waals surface area contributed by atoms with Gasteiger partial charge >= 0.3 is 0 Å². The van der Waals surface area contributed by atoms with E-state index in [1.54, 1.807) is 12.1 Å². The van der Waals surface area contributed by atoms with Gasteiger partial charge < -0.3 is 10.6 Å². The van der Waals surface area contributed by atoms with Crippen molar-refractivity contribution in [2.24, 2.45) is 5.92 Å². The molecule has 0 saturated heterocycles. The largest absolute Gasteiger partial charge is 0.385 e. The van der Waals surface area contributed by atoms with Crippen LogP contribution in [0.1, 0.15) is 30.8 Å². The number of halogens is 2. The summed E-state index contributed by atoms with van der Waals surface area (Å²) in [6.07, 6.45) is 2.51. The molecule has 122 valence electrons. The van der Waals surface area contributed by atoms with Gasteiger partial charge in [-0.2, -0.15) is 0 Å². The van der Waals surface area contributed by atoms with Crippen LogP contribution in [-0.4, -0.2) is 17.4 Å². The zero-order valence-corrected chi connectivity index (χ0v) is 13.1. The van der Waals surface area contributed by atoms with Crippen LogP contribution in [0.15, 0.2) is 36.5 Å². The number of carbonyl (C=O) groups is 1. The van der Waals surface area contributed by atoms with Crippen LogP contribution >= 0.6 is 0 Å². The number of hydrogen-bond acceptors (Lipinski definition) is 3. The number of hydrogen-bond donors (Lipinski definition) is 2. The number of carbonyl (C=O) groups excluding carboxylic acids is 1. The molecule has 0 radical (unpaired) electrons. The summed E-state index contributed by atoms with van der Waals surface area (Å²) in [4.78, 5) is 16.1. The van der Waals surface area contributed by atoms with Crippen molar-refractivity contribution in [3.63, 3.8) is 0 Å². The number of amides is 1. The summed E-state index contributed by atoms with van der Waals surface area (Å²) >= 11 is 0. The van der Waals surface area contributed by atoms with Crippen LogP contribution < -0.4 is 10.6 Å². The van der Waals surface area contributed by atoms with Gasteiger partial charge in [0.25, 0.3) is 5.91 Å². The summed E-state index contributed by atoms with van der Waals surface area (Å²) in [5.41, 5.74) is 0.838. The molecule has 1 aromatic carbocycles. The quantitative estimate of drug-likeness (QED) is 0.844. The molecule has 1 aromatic heterocycles. The van der Waals surface area contributed by atoms with Gasteiger partial charge in [0, 0.05) is 24.5 Å². The number of aromatic nitrogens is 1. The van der Waals surface area contributed by atoms with E-state index in [4.69, 9.17) is 0 Å². The molecule has 2 rings (SSSR count). The van der Waals surface area contributed by atoms with Gasteiger partial charge in [-0.05, 0) is 36.6 Å². The Morgan fingerprint density at radius 3 is 2.70 bits per heavy atom. The highest BCUT2D eigenvalue weighted by molar-refractivity contribution is 6.03. The summed E-state index contributed by atoms with van der Waals surface area (Å²) < 4.78 is 26.4. The molecule has 0 unspecified atom stereocenters. The summed E-state index contributed by atoms with van der Waals surface area (Å²) in [6, 6.07) is 6.32. The maximum atomic E-state index is 13.6. The fraction of sp³-hybridized carbons (Fsp3) is 0.294. The minimum absolute atomic E-state index is 0.0867. The van der Waals surface area contributed by atoms with E-state index in [0.717, 1.165) is 24.7 Å². The lowest BCUT2D eigenvalue weighted by Crippen LogP contribution is -2.15. The van der Waals surface area contributed by atoms with E-state index in [1.165, 1.54) is 12.3 Å². The first kappa shape index (κ1) is 16.9. The van der Waals surface area contributed by atoms with Crippen LogP contribution in [0.3, 0.4) is 0 Å². The van der Waals surface area contributed by atoms with Gasteiger partial charge in [-0.15, -0.1) is 0 Å². The van der Waals surface area contributed by atoms with Gasteiger partial charge in [-0.1, -0.05) is 13.8 Å². The lowest BCUT2D eigenvalue weighted by Gasteiger charge is -2.10. The lowest BCUT2D eigenvalue weighted by molar-refractivity contribution is 0.102. The SMILES string of the molecule is CC(C)CCNc1ccnc(C(=O)Nc2ccc(F)cc2F)c1. The molecule has 0 saturated carbocycles. The van der Waals surface area contributed by atoms with Crippen LogP contribution in [0.2, 0.25) is 0 Å². The summed E-state index contributed by atoms with van der Waals surface area (Å²) in [5, 5.41) is 5.59. The minimum atomic E-state index is -0.829. The first-order chi connectivity index (χ1) is 11.0. The molecule has 4 nitrogen and oxygen atoms in total. The van der Waals surface area contributed by atoms with Crippen molar-refractivity contribution in [2.45, 2.75) is 20.3 Å². The van der Waals surface area contributed by atoms with Gasteiger partial charge in [-0.3, -0.25) is 9.78 Å². The van der Waals surface area contributed by atoms with Crippen LogP contribution in [0.5, 0.6) is 0 Å². The van der Waals surface area contributed by atoms with Crippen LogP contribution in [0.4, 0.5) is 20.2 Å². The van der Waals surface area contributed by atoms with Crippen molar-refractivity contribution < 1.29 is 13.6 Å². The number of benzene rings is 1. The molecule has 2 aromatic rings. The smallest absolute Gasteiger partial charge is 0.274 e. The van der Waals surface area contributed by atoms with Gasteiger partial charge in [-0.25, -0.2) is 8.78 Å². The molecule has 0 aliphatic rings. The van der Waals surface area contributed by atoms with Gasteiger partial charge in [0.05, 0.1) is 5.69 Å². The maximum Gasteiger partial charge on any atom is 0.274 e. The molecular formula is C17H19F2N3O. The Balaban J connectivity index is 2.04. The topological polar surface area (TPSA) is 54.0 Å². The molecule has 1 amide bonds. The summed E-state index contributed by atoms with van der Waals surface area (Å²) in [7, 11) is 0. The first-order valence-electron chi connectivity index (χ1n) is 7.42. The van der Waals surface area contributed by atoms with Crippen molar-refractivity contribution in [2.75, 3.05) is 17.2 Å². The van der Waals surface area contributed by atoms with Gasteiger partial charge in [0.15, 0.2) is 0 Å². The Morgan fingerprint density at radius 1 is 1.22 bits per heavy atom. The Hall–Kier alpha value is -2.50. The van der Waals surface area contributed by atoms with Crippen molar-refractivity contribution >= 4 is 17.3 Å². The van der Waals surface area contributed by atoms with Crippen molar-refractivity contribution in [3.8, 4) is 0 Å². The number of nitrogens with one attached hydrogen (secondary N) is 2. The second-order valence-corrected chi connectivity index (χ2v) is 5.62. The molecule has 0 aliphatic carbocycles. The van der Waals surface area contributed by atoms with E-state index in [2.05, 4.69) is 29.5 Å². The number of rotatable bonds is 6. The van der Waals surface area contributed by atoms with E-state index < -0.39 is 17.5 Å². The predicted molar refractivity (Wildman–Crippen MR) is 86.5 cm³/mol. The maximum absolute atomic E-state index is 13.6. The fourth-order valence-electron chi connectivity index (χ4n) is 1.95. The second-order valence-electron chi connectivity index (χ2n) is 5.62. The Morgan fingerprint density at radius 2 is 2.00 bits per heavy atom. The summed E-state index contributed by atoms with van der Waals surface area (Å²) in [5.74, 6) is -1.50. The van der Waals surface area contributed by atoms with E-state index in [9.17, 15) is 13.6 Å². The van der Waals surface area contributed by atoms with Crippen molar-refractivity contribution in [1.29, 1.82) is 0 Å². The lowest BCUT2D eigenvalue weighted by atomic mass is 10.1. The monoisotopic (exact) mass is 319 g/mol. The Bertz CT molecular complexity index is 689. The molecule has 0 fully saturated rings. The Kier molecular flexibility index (Phi) is 5.62. The van der Waals surface area contributed by atoms with Crippen molar-refractivity contribution in [1.82, 2.24) is 4.98 Å². The highest BCUT2D eigenvalue weighted by Gasteiger charge is 2.11. The minimum Gasteiger partial charge on any atom is -0.385 e. The van der Waals surface area contributed by atoms with Crippen molar-refractivity contribution in [3.05, 3.63) is 53.9 Å². The summed E-state index contributed by atoms with van der Waals surface area (Å²) in [6.45, 7) is 5.05. The van der Waals surface area contributed by atoms with Crippen LogP contribution in [0.25, 0.3) is 0 Å². The molecule has 0 spiro atoms. The molecule has 0 atom stereocenters. The zero-order valence-electron chi connectivity index (χ0n) is 13.1. The molecule has 0 bridgehead atoms. The van der Waals surface area contributed by atoms with E-state index >= 15 is 0 Å². The third-order valence-electron chi connectivity index (χ3n) is 3.22. The first-order valence-corrected chi connectivity index (χ1v) is 7.42. The molecule has 23 heavy (non-hydrogen) atoms. The number of nitrogens with zero attached hydrogens (tertiary/aromatic N) is 1. The third kappa shape index (κ3) is 5.02. The average Bonchev–Trinajstić information content (AvgIpc) is 2.50. The fourth-order valence-corrected chi connectivity index (χ4v) is 1.95.